The Balaban J connectivity index is 0.00000210. The third-order valence-electron chi connectivity index (χ3n) is 5.62. The van der Waals surface area contributed by atoms with Gasteiger partial charge in [0.15, 0.2) is 29.8 Å². The van der Waals surface area contributed by atoms with Gasteiger partial charge >= 0.3 is 0 Å². The summed E-state index contributed by atoms with van der Waals surface area (Å²) in [5.74, 6) is -2.40. The zero-order valence-corrected chi connectivity index (χ0v) is 23.3. The van der Waals surface area contributed by atoms with Crippen LogP contribution < -0.4 is 20.7 Å². The van der Waals surface area contributed by atoms with Crippen LogP contribution in [0.3, 0.4) is 0 Å². The summed E-state index contributed by atoms with van der Waals surface area (Å²) in [5, 5.41) is 23.6. The number of hydrogen-bond donors (Lipinski definition) is 2. The Kier molecular flexibility index (Phi) is 9.49. The summed E-state index contributed by atoms with van der Waals surface area (Å²) in [6.45, 7) is 0.234. The Morgan fingerprint density at radius 1 is 1.33 bits per heavy atom. The maximum Gasteiger partial charge on any atom is 0.276 e. The van der Waals surface area contributed by atoms with Gasteiger partial charge in [-0.25, -0.2) is 19.2 Å². The smallest absolute Gasteiger partial charge is 0.276 e. The van der Waals surface area contributed by atoms with Crippen molar-refractivity contribution < 1.29 is 28.9 Å². The molecule has 5 heterocycles. The van der Waals surface area contributed by atoms with Crippen molar-refractivity contribution in [1.82, 2.24) is 30.0 Å². The molecule has 2 aliphatic rings. The third-order valence-corrected chi connectivity index (χ3v) is 7.63. The number of carbonyl (C=O) groups is 3. The number of fused-ring (bicyclic) bond motifs is 1. The van der Waals surface area contributed by atoms with Gasteiger partial charge in [0.1, 0.15) is 36.9 Å². The van der Waals surface area contributed by atoms with Crippen molar-refractivity contribution >= 4 is 76.5 Å². The van der Waals surface area contributed by atoms with Crippen LogP contribution in [0.5, 0.6) is 0 Å². The zero-order valence-electron chi connectivity index (χ0n) is 20.0. The molecule has 39 heavy (non-hydrogen) atoms. The molecule has 14 nitrogen and oxygen atoms in total. The summed E-state index contributed by atoms with van der Waals surface area (Å²) in [6, 6.07) is 2.66. The maximum atomic E-state index is 13.0. The number of nitrogens with one attached hydrogen (secondary N) is 1. The molecule has 0 aliphatic carbocycles. The summed E-state index contributed by atoms with van der Waals surface area (Å²) in [4.78, 5) is 51.8. The van der Waals surface area contributed by atoms with Gasteiger partial charge in [0.25, 0.3) is 11.8 Å². The van der Waals surface area contributed by atoms with E-state index in [9.17, 15) is 19.5 Å². The second kappa shape index (κ2) is 12.4. The van der Waals surface area contributed by atoms with Crippen LogP contribution in [0.1, 0.15) is 5.69 Å². The lowest BCUT2D eigenvalue weighted by Gasteiger charge is -2.50. The molecule has 18 heteroatoms. The molecule has 0 saturated carbocycles. The molecule has 5 rings (SSSR count). The molecule has 1 fully saturated rings. The monoisotopic (exact) mass is 613 g/mol. The molecule has 0 radical (unpaired) electrons. The van der Waals surface area contributed by atoms with Gasteiger partial charge in [-0.15, -0.1) is 47.9 Å². The van der Waals surface area contributed by atoms with E-state index >= 15 is 0 Å². The van der Waals surface area contributed by atoms with E-state index in [-0.39, 0.29) is 53.6 Å². The van der Waals surface area contributed by atoms with Gasteiger partial charge in [-0.2, -0.15) is 5.10 Å². The van der Waals surface area contributed by atoms with Crippen molar-refractivity contribution in [3.05, 3.63) is 59.5 Å². The molecule has 0 unspecified atom stereocenters. The number of pyridine rings is 1. The van der Waals surface area contributed by atoms with E-state index in [0.29, 0.717) is 11.3 Å². The zero-order chi connectivity index (χ0) is 26.1. The molecular formula is C21H21Cl2N9O5S2. The number of amides is 2. The number of aromatic nitrogens is 5. The van der Waals surface area contributed by atoms with Gasteiger partial charge < -0.3 is 25.8 Å². The number of nitrogens with two attached hydrogens (primary N) is 1. The standard InChI is InChI=1S/C21H19N9O5S2.2ClH/c1-35-27-14(13-8-37-21(22)25-13)17(31)26-15-18(32)30-16(20(33)34)11(7-36-19(15)30)6-28-4-2-12(3-5-28)29-10-23-9-24-29;;/h2-5,8-10,15,19H,6-7H2,1H3,(H3-,22,25,26,31,33,34);2*1H/t15-,19+;;/m1../s1. The van der Waals surface area contributed by atoms with Gasteiger partial charge in [-0.1, -0.05) is 5.16 Å². The minimum atomic E-state index is -1.46. The van der Waals surface area contributed by atoms with Crippen LogP contribution in [0.2, 0.25) is 0 Å². The number of oxime groups is 1. The highest BCUT2D eigenvalue weighted by molar-refractivity contribution is 8.00. The number of β-lactam (4-membered cyclic amide) rings is 1. The fraction of sp³-hybridized carbons (Fsp3) is 0.238. The van der Waals surface area contributed by atoms with Crippen LogP contribution in [0.15, 0.2) is 59.0 Å². The Bertz CT molecular complexity index is 1430. The van der Waals surface area contributed by atoms with E-state index in [0.717, 1.165) is 21.9 Å². The van der Waals surface area contributed by atoms with Crippen LogP contribution >= 0.6 is 47.9 Å². The van der Waals surface area contributed by atoms with Crippen molar-refractivity contribution in [3.63, 3.8) is 0 Å². The maximum absolute atomic E-state index is 13.0. The van der Waals surface area contributed by atoms with Gasteiger partial charge in [0.05, 0.1) is 17.4 Å². The third kappa shape index (κ3) is 5.83. The van der Waals surface area contributed by atoms with Crippen molar-refractivity contribution in [2.45, 2.75) is 18.0 Å². The Morgan fingerprint density at radius 2 is 2.08 bits per heavy atom. The molecule has 3 N–H and O–H groups in total. The number of carboxylic acids is 1. The largest absolute Gasteiger partial charge is 0.543 e. The minimum Gasteiger partial charge on any atom is -0.543 e. The van der Waals surface area contributed by atoms with Crippen LogP contribution in [-0.2, 0) is 25.8 Å². The van der Waals surface area contributed by atoms with Gasteiger partial charge in [0.2, 0.25) is 0 Å². The van der Waals surface area contributed by atoms with Crippen molar-refractivity contribution in [2.75, 3.05) is 18.6 Å². The first-order valence-corrected chi connectivity index (χ1v) is 12.7. The van der Waals surface area contributed by atoms with Gasteiger partial charge in [-0.3, -0.25) is 14.5 Å². The highest BCUT2D eigenvalue weighted by atomic mass is 35.5. The summed E-state index contributed by atoms with van der Waals surface area (Å²) >= 11 is 2.46. The number of thiazole rings is 1. The number of anilines is 1. The summed E-state index contributed by atoms with van der Waals surface area (Å²) in [7, 11) is 1.27. The second-order valence-corrected chi connectivity index (χ2v) is 9.86. The highest BCUT2D eigenvalue weighted by Crippen LogP contribution is 2.40. The molecule has 0 bridgehead atoms. The van der Waals surface area contributed by atoms with Gasteiger partial charge in [-0.05, 0) is 0 Å². The molecule has 206 valence electrons. The minimum absolute atomic E-state index is 0. The van der Waals surface area contributed by atoms with Crippen LogP contribution in [0.4, 0.5) is 5.13 Å². The second-order valence-electron chi connectivity index (χ2n) is 7.86. The van der Waals surface area contributed by atoms with E-state index in [2.05, 4.69) is 25.5 Å². The van der Waals surface area contributed by atoms with E-state index in [1.165, 1.54) is 30.6 Å². The fourth-order valence-corrected chi connectivity index (χ4v) is 5.85. The number of nitrogen functional groups attached to an aromatic ring is 1. The number of halogens is 2. The number of hydrogen-bond acceptors (Lipinski definition) is 12. The number of carbonyl (C=O) groups excluding carboxylic acids is 3. The van der Waals surface area contributed by atoms with Gasteiger partial charge in [0, 0.05) is 28.8 Å². The Labute approximate surface area is 241 Å². The molecule has 2 aliphatic heterocycles. The van der Waals surface area contributed by atoms with Crippen LogP contribution in [-0.4, -0.2) is 72.4 Å². The lowest BCUT2D eigenvalue weighted by atomic mass is 10.0. The number of rotatable bonds is 8. The molecule has 3 aromatic rings. The molecular weight excluding hydrogens is 593 g/mol. The van der Waals surface area contributed by atoms with Crippen molar-refractivity contribution in [2.24, 2.45) is 5.16 Å². The predicted molar refractivity (Wildman–Crippen MR) is 143 cm³/mol. The summed E-state index contributed by atoms with van der Waals surface area (Å²) in [5.41, 5.74) is 6.80. The summed E-state index contributed by atoms with van der Waals surface area (Å²) < 4.78 is 3.38. The van der Waals surface area contributed by atoms with E-state index in [1.807, 2.05) is 12.1 Å². The first-order valence-electron chi connectivity index (χ1n) is 10.7. The number of carboxylic acid groups (broad SMARTS) is 1. The lowest BCUT2D eigenvalue weighted by Crippen LogP contribution is -2.71. The SMILES string of the molecule is CON=C(C(=O)N[C@@H]1C(=O)N2C(C(=O)[O-])=C(C[n+]3ccc(-n4cncn4)cc3)CS[C@@H]12)c1csc(N)n1.Cl.Cl. The quantitative estimate of drug-likeness (QED) is 0.137. The lowest BCUT2D eigenvalue weighted by molar-refractivity contribution is -0.689. The van der Waals surface area contributed by atoms with E-state index < -0.39 is 29.2 Å². The molecule has 0 aromatic carbocycles. The van der Waals surface area contributed by atoms with Crippen LogP contribution in [0.25, 0.3) is 5.69 Å². The topological polar surface area (TPSA) is 185 Å². The normalized spacial score (nSPS) is 18.3. The Hall–Kier alpha value is -3.73. The molecule has 0 spiro atoms. The van der Waals surface area contributed by atoms with Crippen molar-refractivity contribution in [3.8, 4) is 5.69 Å². The van der Waals surface area contributed by atoms with Crippen molar-refractivity contribution in [1.29, 1.82) is 0 Å². The first kappa shape index (κ1) is 29.8. The fourth-order valence-electron chi connectivity index (χ4n) is 3.96. The predicted octanol–water partition coefficient (Wildman–Crippen LogP) is -1.11. The van der Waals surface area contributed by atoms with E-state index in [4.69, 9.17) is 10.6 Å². The first-order chi connectivity index (χ1) is 17.9. The highest BCUT2D eigenvalue weighted by Gasteiger charge is 2.53. The van der Waals surface area contributed by atoms with E-state index in [1.54, 1.807) is 28.0 Å². The summed E-state index contributed by atoms with van der Waals surface area (Å²) in [6.07, 6.45) is 6.54. The molecule has 2 amide bonds. The molecule has 2 atom stereocenters. The van der Waals surface area contributed by atoms with Crippen LogP contribution in [0, 0.1) is 0 Å². The number of thioether (sulfide) groups is 1. The number of aliphatic carboxylic acids is 1. The Morgan fingerprint density at radius 3 is 2.67 bits per heavy atom. The molecule has 1 saturated heterocycles. The average Bonchev–Trinajstić information content (AvgIpc) is 3.58. The number of nitrogens with zero attached hydrogens (tertiary/aromatic N) is 7. The molecule has 3 aromatic heterocycles. The average molecular weight is 614 g/mol.